The van der Waals surface area contributed by atoms with Crippen LogP contribution in [0.4, 0.5) is 5.95 Å². The summed E-state index contributed by atoms with van der Waals surface area (Å²) in [6, 6.07) is 9.63. The molecule has 0 atom stereocenters. The van der Waals surface area contributed by atoms with Crippen molar-refractivity contribution < 1.29 is 9.53 Å². The van der Waals surface area contributed by atoms with Crippen molar-refractivity contribution in [1.82, 2.24) is 14.9 Å². The van der Waals surface area contributed by atoms with Crippen molar-refractivity contribution in [1.29, 1.82) is 0 Å². The SMILES string of the molecule is COc1cccc(CCNc2nccc(C(=O)N3CCCC3)n2)c1. The molecule has 1 N–H and O–H groups in total. The summed E-state index contributed by atoms with van der Waals surface area (Å²) in [5.74, 6) is 1.33. The largest absolute Gasteiger partial charge is 0.497 e. The van der Waals surface area contributed by atoms with Crippen molar-refractivity contribution in [2.45, 2.75) is 19.3 Å². The normalized spacial score (nSPS) is 13.8. The molecule has 0 radical (unpaired) electrons. The summed E-state index contributed by atoms with van der Waals surface area (Å²) >= 11 is 0. The Bertz CT molecular complexity index is 699. The minimum absolute atomic E-state index is 0.00857. The van der Waals surface area contributed by atoms with Crippen molar-refractivity contribution in [2.75, 3.05) is 32.1 Å². The van der Waals surface area contributed by atoms with Gasteiger partial charge in [-0.05, 0) is 43.0 Å². The molecule has 126 valence electrons. The van der Waals surface area contributed by atoms with Crippen LogP contribution in [0.25, 0.3) is 0 Å². The van der Waals surface area contributed by atoms with Gasteiger partial charge in [-0.3, -0.25) is 4.79 Å². The number of hydrogen-bond acceptors (Lipinski definition) is 5. The molecule has 1 saturated heterocycles. The molecule has 1 aromatic carbocycles. The highest BCUT2D eigenvalue weighted by atomic mass is 16.5. The third-order valence-electron chi connectivity index (χ3n) is 4.10. The van der Waals surface area contributed by atoms with E-state index in [1.807, 2.05) is 23.1 Å². The number of rotatable bonds is 6. The molecule has 0 bridgehead atoms. The first-order valence-corrected chi connectivity index (χ1v) is 8.25. The molecule has 1 aliphatic heterocycles. The van der Waals surface area contributed by atoms with Crippen LogP contribution in [0.1, 0.15) is 28.9 Å². The summed E-state index contributed by atoms with van der Waals surface area (Å²) in [5, 5.41) is 3.18. The molecule has 1 amide bonds. The zero-order valence-electron chi connectivity index (χ0n) is 13.9. The minimum Gasteiger partial charge on any atom is -0.497 e. The Labute approximate surface area is 141 Å². The van der Waals surface area contributed by atoms with Crippen LogP contribution in [0.3, 0.4) is 0 Å². The number of carbonyl (C=O) groups is 1. The number of carbonyl (C=O) groups excluding carboxylic acids is 1. The Morgan fingerprint density at radius 3 is 2.92 bits per heavy atom. The molecule has 1 fully saturated rings. The number of benzene rings is 1. The van der Waals surface area contributed by atoms with E-state index in [1.165, 1.54) is 5.56 Å². The molecule has 24 heavy (non-hydrogen) atoms. The summed E-state index contributed by atoms with van der Waals surface area (Å²) in [5.41, 5.74) is 1.63. The van der Waals surface area contributed by atoms with E-state index in [-0.39, 0.29) is 5.91 Å². The van der Waals surface area contributed by atoms with Gasteiger partial charge in [-0.15, -0.1) is 0 Å². The van der Waals surface area contributed by atoms with Crippen LogP contribution in [0.5, 0.6) is 5.75 Å². The minimum atomic E-state index is -0.00857. The van der Waals surface area contributed by atoms with E-state index >= 15 is 0 Å². The monoisotopic (exact) mass is 326 g/mol. The average Bonchev–Trinajstić information content (AvgIpc) is 3.16. The van der Waals surface area contributed by atoms with Gasteiger partial charge in [0.25, 0.3) is 5.91 Å². The molecule has 6 nitrogen and oxygen atoms in total. The molecule has 0 saturated carbocycles. The molecular formula is C18H22N4O2. The maximum atomic E-state index is 12.4. The van der Waals surface area contributed by atoms with E-state index < -0.39 is 0 Å². The Kier molecular flexibility index (Phi) is 5.25. The zero-order chi connectivity index (χ0) is 16.8. The maximum Gasteiger partial charge on any atom is 0.272 e. The fourth-order valence-corrected chi connectivity index (χ4v) is 2.79. The first kappa shape index (κ1) is 16.2. The standard InChI is InChI=1S/C18H22N4O2/c1-24-15-6-4-5-14(13-15)7-9-19-18-20-10-8-16(21-18)17(23)22-11-2-3-12-22/h4-6,8,10,13H,2-3,7,9,11-12H2,1H3,(H,19,20,21). The number of nitrogens with one attached hydrogen (secondary N) is 1. The predicted octanol–water partition coefficient (Wildman–Crippen LogP) is 2.38. The van der Waals surface area contributed by atoms with Gasteiger partial charge in [-0.2, -0.15) is 0 Å². The lowest BCUT2D eigenvalue weighted by Gasteiger charge is -2.14. The number of amides is 1. The Morgan fingerprint density at radius 1 is 1.29 bits per heavy atom. The smallest absolute Gasteiger partial charge is 0.272 e. The first-order valence-electron chi connectivity index (χ1n) is 8.25. The van der Waals surface area contributed by atoms with Gasteiger partial charge in [0, 0.05) is 25.8 Å². The highest BCUT2D eigenvalue weighted by Crippen LogP contribution is 2.14. The van der Waals surface area contributed by atoms with Gasteiger partial charge in [0.05, 0.1) is 7.11 Å². The number of ether oxygens (including phenoxy) is 1. The maximum absolute atomic E-state index is 12.4. The van der Waals surface area contributed by atoms with Gasteiger partial charge in [0.15, 0.2) is 0 Å². The van der Waals surface area contributed by atoms with Crippen molar-refractivity contribution >= 4 is 11.9 Å². The topological polar surface area (TPSA) is 67.3 Å². The number of anilines is 1. The number of aromatic nitrogens is 2. The lowest BCUT2D eigenvalue weighted by atomic mass is 10.1. The summed E-state index contributed by atoms with van der Waals surface area (Å²) in [7, 11) is 1.66. The van der Waals surface area contributed by atoms with E-state index in [2.05, 4.69) is 21.4 Å². The fourth-order valence-electron chi connectivity index (χ4n) is 2.79. The van der Waals surface area contributed by atoms with Gasteiger partial charge in [-0.25, -0.2) is 9.97 Å². The van der Waals surface area contributed by atoms with Crippen LogP contribution in [-0.4, -0.2) is 47.5 Å². The van der Waals surface area contributed by atoms with Crippen LogP contribution in [0.2, 0.25) is 0 Å². The lowest BCUT2D eigenvalue weighted by molar-refractivity contribution is 0.0787. The molecule has 0 spiro atoms. The van der Waals surface area contributed by atoms with Gasteiger partial charge >= 0.3 is 0 Å². The summed E-state index contributed by atoms with van der Waals surface area (Å²) < 4.78 is 5.22. The molecule has 2 aromatic rings. The molecule has 1 aliphatic rings. The van der Waals surface area contributed by atoms with Crippen LogP contribution in [0.15, 0.2) is 36.5 Å². The molecule has 3 rings (SSSR count). The van der Waals surface area contributed by atoms with E-state index in [0.29, 0.717) is 18.2 Å². The molecule has 6 heteroatoms. The number of likely N-dealkylation sites (tertiary alicyclic amines) is 1. The zero-order valence-corrected chi connectivity index (χ0v) is 13.9. The molecule has 0 aliphatic carbocycles. The quantitative estimate of drug-likeness (QED) is 0.883. The predicted molar refractivity (Wildman–Crippen MR) is 92.4 cm³/mol. The number of nitrogens with zero attached hydrogens (tertiary/aromatic N) is 3. The van der Waals surface area contributed by atoms with Crippen molar-refractivity contribution in [3.8, 4) is 5.75 Å². The lowest BCUT2D eigenvalue weighted by Crippen LogP contribution is -2.28. The average molecular weight is 326 g/mol. The van der Waals surface area contributed by atoms with E-state index in [0.717, 1.165) is 38.1 Å². The molecular weight excluding hydrogens is 304 g/mol. The Hall–Kier alpha value is -2.63. The number of hydrogen-bond donors (Lipinski definition) is 1. The summed E-state index contributed by atoms with van der Waals surface area (Å²) in [6.07, 6.45) is 4.60. The van der Waals surface area contributed by atoms with E-state index in [9.17, 15) is 4.79 Å². The second-order valence-corrected chi connectivity index (χ2v) is 5.79. The van der Waals surface area contributed by atoms with Gasteiger partial charge in [0.2, 0.25) is 5.95 Å². The molecule has 1 aromatic heterocycles. The highest BCUT2D eigenvalue weighted by molar-refractivity contribution is 5.92. The van der Waals surface area contributed by atoms with Crippen LogP contribution in [0, 0.1) is 0 Å². The fraction of sp³-hybridized carbons (Fsp3) is 0.389. The van der Waals surface area contributed by atoms with Crippen LogP contribution >= 0.6 is 0 Å². The molecule has 2 heterocycles. The van der Waals surface area contributed by atoms with Crippen LogP contribution < -0.4 is 10.1 Å². The second kappa shape index (κ2) is 7.77. The highest BCUT2D eigenvalue weighted by Gasteiger charge is 2.20. The second-order valence-electron chi connectivity index (χ2n) is 5.79. The van der Waals surface area contributed by atoms with Gasteiger partial charge < -0.3 is 15.0 Å². The summed E-state index contributed by atoms with van der Waals surface area (Å²) in [4.78, 5) is 22.7. The number of methoxy groups -OCH3 is 1. The van der Waals surface area contributed by atoms with Crippen molar-refractivity contribution in [2.24, 2.45) is 0 Å². The van der Waals surface area contributed by atoms with Crippen LogP contribution in [-0.2, 0) is 6.42 Å². The Morgan fingerprint density at radius 2 is 2.12 bits per heavy atom. The first-order chi connectivity index (χ1) is 11.8. The third kappa shape index (κ3) is 4.01. The van der Waals surface area contributed by atoms with E-state index in [1.54, 1.807) is 19.4 Å². The third-order valence-corrected chi connectivity index (χ3v) is 4.10. The van der Waals surface area contributed by atoms with Crippen molar-refractivity contribution in [3.63, 3.8) is 0 Å². The Balaban J connectivity index is 1.57. The van der Waals surface area contributed by atoms with Crippen molar-refractivity contribution in [3.05, 3.63) is 47.8 Å². The molecule has 0 unspecified atom stereocenters. The van der Waals surface area contributed by atoms with Gasteiger partial charge in [0.1, 0.15) is 11.4 Å². The summed E-state index contributed by atoms with van der Waals surface area (Å²) in [6.45, 7) is 2.33. The van der Waals surface area contributed by atoms with E-state index in [4.69, 9.17) is 4.74 Å². The van der Waals surface area contributed by atoms with Gasteiger partial charge in [-0.1, -0.05) is 12.1 Å².